The van der Waals surface area contributed by atoms with Crippen molar-refractivity contribution >= 4 is 28.3 Å². The number of hydrogen-bond acceptors (Lipinski definition) is 5. The van der Waals surface area contributed by atoms with Crippen LogP contribution in [0.3, 0.4) is 0 Å². The second-order valence-corrected chi connectivity index (χ2v) is 8.08. The molecule has 1 amide bonds. The number of imidazole rings is 1. The maximum Gasteiger partial charge on any atom is 0.416 e. The Morgan fingerprint density at radius 3 is 2.61 bits per heavy atom. The Bertz CT molecular complexity index is 1350. The Morgan fingerprint density at radius 2 is 1.88 bits per heavy atom. The van der Waals surface area contributed by atoms with Crippen LogP contribution in [-0.2, 0) is 10.9 Å². The van der Waals surface area contributed by atoms with Crippen molar-refractivity contribution in [2.75, 3.05) is 18.9 Å². The van der Waals surface area contributed by atoms with Gasteiger partial charge in [0.25, 0.3) is 5.91 Å². The molecule has 10 heteroatoms. The molecule has 1 fully saturated rings. The van der Waals surface area contributed by atoms with Gasteiger partial charge in [-0.05, 0) is 42.8 Å². The van der Waals surface area contributed by atoms with E-state index in [-0.39, 0.29) is 18.6 Å². The fraction of sp³-hybridized carbons (Fsp3) is 0.261. The van der Waals surface area contributed by atoms with Crippen LogP contribution in [0, 0.1) is 0 Å². The Morgan fingerprint density at radius 1 is 1.12 bits per heavy atom. The summed E-state index contributed by atoms with van der Waals surface area (Å²) in [4.78, 5) is 23.8. The molecule has 33 heavy (non-hydrogen) atoms. The van der Waals surface area contributed by atoms with Gasteiger partial charge in [-0.1, -0.05) is 12.1 Å². The third-order valence-electron chi connectivity index (χ3n) is 5.93. The lowest BCUT2D eigenvalue weighted by molar-refractivity contribution is -0.137. The average molecular weight is 455 g/mol. The Kier molecular flexibility index (Phi) is 4.97. The van der Waals surface area contributed by atoms with Gasteiger partial charge in [0, 0.05) is 5.56 Å². The molecule has 4 aromatic rings. The Hall–Kier alpha value is -3.66. The van der Waals surface area contributed by atoms with E-state index >= 15 is 0 Å². The van der Waals surface area contributed by atoms with Gasteiger partial charge < -0.3 is 15.4 Å². The van der Waals surface area contributed by atoms with E-state index in [2.05, 4.69) is 9.97 Å². The van der Waals surface area contributed by atoms with Crippen molar-refractivity contribution in [3.63, 3.8) is 0 Å². The SMILES string of the molecule is CC1COCC(c2ccc(C(F)(F)F)cc2)N1C(=O)c1ccc2nc(N)c3cncn3c2c1. The zero-order chi connectivity index (χ0) is 23.3. The molecule has 0 radical (unpaired) electrons. The lowest BCUT2D eigenvalue weighted by atomic mass is 9.99. The predicted octanol–water partition coefficient (Wildman–Crippen LogP) is 4.09. The fourth-order valence-corrected chi connectivity index (χ4v) is 4.27. The molecule has 1 saturated heterocycles. The van der Waals surface area contributed by atoms with E-state index in [9.17, 15) is 18.0 Å². The highest BCUT2D eigenvalue weighted by molar-refractivity contribution is 5.98. The molecule has 5 rings (SSSR count). The van der Waals surface area contributed by atoms with Gasteiger partial charge in [0.2, 0.25) is 0 Å². The molecule has 1 aliphatic rings. The van der Waals surface area contributed by atoms with Crippen LogP contribution < -0.4 is 5.73 Å². The van der Waals surface area contributed by atoms with E-state index < -0.39 is 17.8 Å². The number of fused-ring (bicyclic) bond motifs is 3. The molecule has 3 heterocycles. The number of halogens is 3. The van der Waals surface area contributed by atoms with Crippen LogP contribution in [0.15, 0.2) is 55.0 Å². The normalized spacial score (nSPS) is 19.3. The maximum absolute atomic E-state index is 13.6. The average Bonchev–Trinajstić information content (AvgIpc) is 3.29. The van der Waals surface area contributed by atoms with Crippen LogP contribution in [-0.4, -0.2) is 44.4 Å². The zero-order valence-corrected chi connectivity index (χ0v) is 17.6. The van der Waals surface area contributed by atoms with Crippen molar-refractivity contribution < 1.29 is 22.7 Å². The van der Waals surface area contributed by atoms with Crippen LogP contribution in [0.25, 0.3) is 16.6 Å². The van der Waals surface area contributed by atoms with Crippen LogP contribution in [0.4, 0.5) is 19.0 Å². The molecule has 1 aliphatic heterocycles. The van der Waals surface area contributed by atoms with Crippen molar-refractivity contribution in [3.8, 4) is 0 Å². The molecular formula is C23H20F3N5O2. The number of amides is 1. The second-order valence-electron chi connectivity index (χ2n) is 8.08. The summed E-state index contributed by atoms with van der Waals surface area (Å²) in [7, 11) is 0. The Labute approximate surface area is 186 Å². The lowest BCUT2D eigenvalue weighted by Crippen LogP contribution is -2.49. The third kappa shape index (κ3) is 3.66. The summed E-state index contributed by atoms with van der Waals surface area (Å²) in [6, 6.07) is 9.18. The van der Waals surface area contributed by atoms with E-state index in [1.807, 2.05) is 6.92 Å². The molecule has 2 N–H and O–H groups in total. The summed E-state index contributed by atoms with van der Waals surface area (Å²) >= 11 is 0. The van der Waals surface area contributed by atoms with E-state index in [0.29, 0.717) is 40.1 Å². The molecule has 7 nitrogen and oxygen atoms in total. The van der Waals surface area contributed by atoms with Crippen LogP contribution >= 0.6 is 0 Å². The van der Waals surface area contributed by atoms with E-state index in [1.165, 1.54) is 12.1 Å². The van der Waals surface area contributed by atoms with Crippen molar-refractivity contribution in [1.82, 2.24) is 19.3 Å². The molecule has 0 bridgehead atoms. The minimum Gasteiger partial charge on any atom is -0.382 e. The van der Waals surface area contributed by atoms with Crippen molar-refractivity contribution in [2.45, 2.75) is 25.2 Å². The number of nitrogens with two attached hydrogens (primary N) is 1. The highest BCUT2D eigenvalue weighted by Gasteiger charge is 2.35. The number of anilines is 1. The number of aromatic nitrogens is 3. The first-order valence-corrected chi connectivity index (χ1v) is 10.3. The van der Waals surface area contributed by atoms with Gasteiger partial charge in [0.05, 0.1) is 54.4 Å². The number of carbonyl (C=O) groups is 1. The van der Waals surface area contributed by atoms with Crippen LogP contribution in [0.1, 0.15) is 34.5 Å². The van der Waals surface area contributed by atoms with E-state index in [4.69, 9.17) is 10.5 Å². The molecule has 2 atom stereocenters. The molecule has 170 valence electrons. The van der Waals surface area contributed by atoms with E-state index in [0.717, 1.165) is 12.1 Å². The summed E-state index contributed by atoms with van der Waals surface area (Å²) in [5, 5.41) is 0. The number of nitrogens with zero attached hydrogens (tertiary/aromatic N) is 4. The number of benzene rings is 2. The number of ether oxygens (including phenoxy) is 1. The third-order valence-corrected chi connectivity index (χ3v) is 5.93. The van der Waals surface area contributed by atoms with E-state index in [1.54, 1.807) is 40.0 Å². The lowest BCUT2D eigenvalue weighted by Gasteiger charge is -2.41. The zero-order valence-electron chi connectivity index (χ0n) is 17.6. The van der Waals surface area contributed by atoms with Gasteiger partial charge >= 0.3 is 6.18 Å². The number of alkyl halides is 3. The standard InChI is InChI=1S/C23H20F3N5O2/c1-13-10-33-11-20(14-2-5-16(6-3-14)23(24,25)26)31(13)22(32)15-4-7-17-18(8-15)30-12-28-9-19(30)21(27)29-17/h2-9,12-13,20H,10-11H2,1H3,(H2,27,29). The summed E-state index contributed by atoms with van der Waals surface area (Å²) < 4.78 is 46.4. The smallest absolute Gasteiger partial charge is 0.382 e. The predicted molar refractivity (Wildman–Crippen MR) is 116 cm³/mol. The van der Waals surface area contributed by atoms with Gasteiger partial charge in [0.1, 0.15) is 11.3 Å². The van der Waals surface area contributed by atoms with Crippen molar-refractivity contribution in [2.24, 2.45) is 0 Å². The number of nitrogen functional groups attached to an aromatic ring is 1. The molecular weight excluding hydrogens is 435 g/mol. The molecule has 2 aromatic heterocycles. The van der Waals surface area contributed by atoms with Crippen LogP contribution in [0.5, 0.6) is 0 Å². The number of morpholine rings is 1. The summed E-state index contributed by atoms with van der Waals surface area (Å²) in [5.74, 6) is 0.0888. The largest absolute Gasteiger partial charge is 0.416 e. The molecule has 2 unspecified atom stereocenters. The molecule has 0 aliphatic carbocycles. The summed E-state index contributed by atoms with van der Waals surface area (Å²) in [5.41, 5.74) is 8.18. The number of rotatable bonds is 2. The quantitative estimate of drug-likeness (QED) is 0.492. The first kappa shape index (κ1) is 21.2. The van der Waals surface area contributed by atoms with Crippen molar-refractivity contribution in [1.29, 1.82) is 0 Å². The van der Waals surface area contributed by atoms with Gasteiger partial charge in [0.15, 0.2) is 0 Å². The number of carbonyl (C=O) groups excluding carboxylic acids is 1. The topological polar surface area (TPSA) is 85.8 Å². The van der Waals surface area contributed by atoms with Crippen LogP contribution in [0.2, 0.25) is 0 Å². The first-order chi connectivity index (χ1) is 15.7. The molecule has 2 aromatic carbocycles. The maximum atomic E-state index is 13.6. The highest BCUT2D eigenvalue weighted by Crippen LogP contribution is 2.33. The molecule has 0 saturated carbocycles. The highest BCUT2D eigenvalue weighted by atomic mass is 19.4. The monoisotopic (exact) mass is 455 g/mol. The second kappa shape index (κ2) is 7.73. The summed E-state index contributed by atoms with van der Waals surface area (Å²) in [6.45, 7) is 2.38. The number of hydrogen-bond donors (Lipinski definition) is 1. The van der Waals surface area contributed by atoms with Gasteiger partial charge in [-0.3, -0.25) is 9.20 Å². The van der Waals surface area contributed by atoms with Gasteiger partial charge in [-0.25, -0.2) is 9.97 Å². The first-order valence-electron chi connectivity index (χ1n) is 10.3. The Balaban J connectivity index is 1.53. The van der Waals surface area contributed by atoms with Gasteiger partial charge in [-0.15, -0.1) is 0 Å². The minimum absolute atomic E-state index is 0.193. The minimum atomic E-state index is -4.43. The van der Waals surface area contributed by atoms with Crippen molar-refractivity contribution in [3.05, 3.63) is 71.7 Å². The summed E-state index contributed by atoms with van der Waals surface area (Å²) in [6.07, 6.45) is -1.22. The fourth-order valence-electron chi connectivity index (χ4n) is 4.27. The molecule has 0 spiro atoms. The van der Waals surface area contributed by atoms with Gasteiger partial charge in [-0.2, -0.15) is 13.2 Å².